The van der Waals surface area contributed by atoms with Gasteiger partial charge in [0.1, 0.15) is 0 Å². The van der Waals surface area contributed by atoms with Crippen LogP contribution in [-0.4, -0.2) is 0 Å². The number of rotatable bonds is 3. The summed E-state index contributed by atoms with van der Waals surface area (Å²) in [5, 5.41) is 0. The van der Waals surface area contributed by atoms with Crippen LogP contribution in [0.4, 0.5) is 0 Å². The summed E-state index contributed by atoms with van der Waals surface area (Å²) in [6.07, 6.45) is 2.18. The van der Waals surface area contributed by atoms with Crippen LogP contribution in [0.3, 0.4) is 0 Å². The van der Waals surface area contributed by atoms with E-state index < -0.39 is 0 Å². The van der Waals surface area contributed by atoms with Gasteiger partial charge >= 0.3 is 0 Å². The van der Waals surface area contributed by atoms with Crippen molar-refractivity contribution in [1.29, 1.82) is 0 Å². The summed E-state index contributed by atoms with van der Waals surface area (Å²) in [7, 11) is 0. The third kappa shape index (κ3) is 5.24. The van der Waals surface area contributed by atoms with Gasteiger partial charge in [-0.3, -0.25) is 0 Å². The van der Waals surface area contributed by atoms with Gasteiger partial charge in [-0.2, -0.15) is 0 Å². The summed E-state index contributed by atoms with van der Waals surface area (Å²) < 4.78 is 0. The van der Waals surface area contributed by atoms with Crippen molar-refractivity contribution in [1.82, 2.24) is 0 Å². The van der Waals surface area contributed by atoms with Crippen LogP contribution in [-0.2, 0) is 17.3 Å². The first-order valence-electron chi connectivity index (χ1n) is 8.15. The normalized spacial score (nSPS) is 13.5. The molecule has 0 aromatic heterocycles. The summed E-state index contributed by atoms with van der Waals surface area (Å²) in [6.45, 7) is 17.9. The van der Waals surface area contributed by atoms with Gasteiger partial charge in [0.15, 0.2) is 0 Å². The maximum absolute atomic E-state index is 3.35. The predicted octanol–water partition coefficient (Wildman–Crippen LogP) is 5.87. The molecular formula is C21H32. The molecule has 1 aromatic rings. The van der Waals surface area contributed by atoms with Crippen LogP contribution >= 0.6 is 0 Å². The predicted molar refractivity (Wildman–Crippen MR) is 94.8 cm³/mol. The molecule has 0 saturated carbocycles. The molecule has 0 N–H and O–H groups in total. The minimum Gasteiger partial charge on any atom is -0.106 e. The Morgan fingerprint density at radius 1 is 0.905 bits per heavy atom. The van der Waals surface area contributed by atoms with Gasteiger partial charge in [0, 0.05) is 5.92 Å². The van der Waals surface area contributed by atoms with Crippen molar-refractivity contribution in [3.8, 4) is 11.8 Å². The van der Waals surface area contributed by atoms with E-state index in [-0.39, 0.29) is 10.8 Å². The number of hydrogen-bond acceptors (Lipinski definition) is 0. The zero-order valence-corrected chi connectivity index (χ0v) is 15.2. The number of hydrogen-bond donors (Lipinski definition) is 0. The Morgan fingerprint density at radius 3 is 1.71 bits per heavy atom. The molecule has 0 fully saturated rings. The van der Waals surface area contributed by atoms with E-state index >= 15 is 0 Å². The van der Waals surface area contributed by atoms with Crippen molar-refractivity contribution < 1.29 is 0 Å². The Balaban J connectivity index is 3.27. The lowest BCUT2D eigenvalue weighted by atomic mass is 9.78. The molecule has 0 bridgehead atoms. The molecule has 0 aliphatic heterocycles. The monoisotopic (exact) mass is 284 g/mol. The maximum atomic E-state index is 3.35. The molecule has 0 amide bonds. The van der Waals surface area contributed by atoms with Crippen molar-refractivity contribution in [2.45, 2.75) is 79.1 Å². The highest BCUT2D eigenvalue weighted by Gasteiger charge is 2.21. The Morgan fingerprint density at radius 2 is 1.38 bits per heavy atom. The van der Waals surface area contributed by atoms with Gasteiger partial charge in [0.25, 0.3) is 0 Å². The number of benzene rings is 1. The molecule has 1 unspecified atom stereocenters. The van der Waals surface area contributed by atoms with E-state index in [9.17, 15) is 0 Å². The first kappa shape index (κ1) is 17.8. The molecule has 1 aromatic carbocycles. The molecule has 116 valence electrons. The Bertz CT molecular complexity index is 492. The molecular weight excluding hydrogens is 252 g/mol. The smallest absolute Gasteiger partial charge is 0.0240 e. The molecule has 0 aliphatic carbocycles. The molecule has 0 aliphatic rings. The third-order valence-corrected chi connectivity index (χ3v) is 4.05. The topological polar surface area (TPSA) is 0 Å². The summed E-state index contributed by atoms with van der Waals surface area (Å²) in [5.41, 5.74) is 4.68. The van der Waals surface area contributed by atoms with Gasteiger partial charge in [-0.15, -0.1) is 5.92 Å². The molecule has 0 heteroatoms. The zero-order chi connectivity index (χ0) is 16.3. The van der Waals surface area contributed by atoms with E-state index in [1.165, 1.54) is 16.7 Å². The maximum Gasteiger partial charge on any atom is 0.0240 e. The summed E-state index contributed by atoms with van der Waals surface area (Å²) in [5.74, 6) is 6.90. The molecule has 0 nitrogen and oxygen atoms in total. The van der Waals surface area contributed by atoms with Gasteiger partial charge in [-0.25, -0.2) is 0 Å². The molecule has 0 saturated heterocycles. The Kier molecular flexibility index (Phi) is 5.68. The van der Waals surface area contributed by atoms with Crippen molar-refractivity contribution in [2.24, 2.45) is 5.92 Å². The van der Waals surface area contributed by atoms with Crippen molar-refractivity contribution in [2.75, 3.05) is 0 Å². The first-order valence-corrected chi connectivity index (χ1v) is 8.15. The van der Waals surface area contributed by atoms with E-state index in [0.717, 1.165) is 12.8 Å². The SMILES string of the molecule is CC#CC(CC)Cc1cc(C(C)(C)C)cc(C(C)(C)C)c1. The van der Waals surface area contributed by atoms with E-state index in [4.69, 9.17) is 0 Å². The minimum atomic E-state index is 0.189. The molecule has 0 radical (unpaired) electrons. The highest BCUT2D eigenvalue weighted by molar-refractivity contribution is 5.37. The van der Waals surface area contributed by atoms with Gasteiger partial charge in [-0.05, 0) is 47.3 Å². The lowest BCUT2D eigenvalue weighted by Gasteiger charge is -2.26. The van der Waals surface area contributed by atoms with Crippen LogP contribution in [0.5, 0.6) is 0 Å². The lowest BCUT2D eigenvalue weighted by molar-refractivity contribution is 0.563. The fourth-order valence-electron chi connectivity index (χ4n) is 2.46. The van der Waals surface area contributed by atoms with Crippen LogP contribution < -0.4 is 0 Å². The van der Waals surface area contributed by atoms with Crippen molar-refractivity contribution >= 4 is 0 Å². The standard InChI is InChI=1S/C21H32/c1-9-11-16(10-2)12-17-13-18(20(3,4)5)15-19(14-17)21(6,7)8/h13-16H,10,12H2,1-8H3. The molecule has 21 heavy (non-hydrogen) atoms. The molecule has 0 spiro atoms. The zero-order valence-electron chi connectivity index (χ0n) is 15.2. The van der Waals surface area contributed by atoms with E-state index in [2.05, 4.69) is 78.5 Å². The fraction of sp³-hybridized carbons (Fsp3) is 0.619. The lowest BCUT2D eigenvalue weighted by Crippen LogP contribution is -2.17. The van der Waals surface area contributed by atoms with Gasteiger partial charge < -0.3 is 0 Å². The second kappa shape index (κ2) is 6.69. The van der Waals surface area contributed by atoms with E-state index in [1.54, 1.807) is 0 Å². The van der Waals surface area contributed by atoms with Crippen LogP contribution in [0.25, 0.3) is 0 Å². The quantitative estimate of drug-likeness (QED) is 0.609. The summed E-state index contributed by atoms with van der Waals surface area (Å²) in [4.78, 5) is 0. The summed E-state index contributed by atoms with van der Waals surface area (Å²) >= 11 is 0. The average Bonchev–Trinajstić information content (AvgIpc) is 2.35. The molecule has 1 atom stereocenters. The van der Waals surface area contributed by atoms with Gasteiger partial charge in [0.2, 0.25) is 0 Å². The van der Waals surface area contributed by atoms with E-state index in [0.29, 0.717) is 5.92 Å². The molecule has 0 heterocycles. The Labute approximate surface area is 132 Å². The largest absolute Gasteiger partial charge is 0.106 e. The second-order valence-corrected chi connectivity index (χ2v) is 8.12. The Hall–Kier alpha value is -1.22. The van der Waals surface area contributed by atoms with Gasteiger partial charge in [0.05, 0.1) is 0 Å². The van der Waals surface area contributed by atoms with E-state index in [1.807, 2.05) is 6.92 Å². The fourth-order valence-corrected chi connectivity index (χ4v) is 2.46. The highest BCUT2D eigenvalue weighted by Crippen LogP contribution is 2.31. The third-order valence-electron chi connectivity index (χ3n) is 4.05. The van der Waals surface area contributed by atoms with Crippen molar-refractivity contribution in [3.63, 3.8) is 0 Å². The van der Waals surface area contributed by atoms with Gasteiger partial charge in [-0.1, -0.05) is 72.6 Å². The second-order valence-electron chi connectivity index (χ2n) is 8.12. The highest BCUT2D eigenvalue weighted by atomic mass is 14.3. The summed E-state index contributed by atoms with van der Waals surface area (Å²) in [6, 6.07) is 7.15. The first-order chi connectivity index (χ1) is 9.57. The minimum absolute atomic E-state index is 0.189. The van der Waals surface area contributed by atoms with Crippen LogP contribution in [0.15, 0.2) is 18.2 Å². The van der Waals surface area contributed by atoms with Crippen LogP contribution in [0.1, 0.15) is 78.5 Å². The van der Waals surface area contributed by atoms with Crippen LogP contribution in [0.2, 0.25) is 0 Å². The average molecular weight is 284 g/mol. The molecule has 1 rings (SSSR count). The van der Waals surface area contributed by atoms with Crippen LogP contribution in [0, 0.1) is 17.8 Å². The van der Waals surface area contributed by atoms with Crippen molar-refractivity contribution in [3.05, 3.63) is 34.9 Å².